The lowest BCUT2D eigenvalue weighted by Crippen LogP contribution is -1.95. The summed E-state index contributed by atoms with van der Waals surface area (Å²) in [5.41, 5.74) is 4.14. The topological polar surface area (TPSA) is 26.3 Å². The highest BCUT2D eigenvalue weighted by molar-refractivity contribution is 5.78. The van der Waals surface area contributed by atoms with Crippen LogP contribution in [0.15, 0.2) is 42.5 Å². The molecule has 0 N–H and O–H groups in total. The highest BCUT2D eigenvalue weighted by Gasteiger charge is 2.23. The zero-order valence-corrected chi connectivity index (χ0v) is 10.9. The van der Waals surface area contributed by atoms with Gasteiger partial charge in [0.25, 0.3) is 0 Å². The van der Waals surface area contributed by atoms with Crippen molar-refractivity contribution in [2.24, 2.45) is 0 Å². The quantitative estimate of drug-likeness (QED) is 0.768. The molecule has 0 radical (unpaired) electrons. The summed E-state index contributed by atoms with van der Waals surface area (Å²) in [5, 5.41) is 0. The number of carbonyl (C=O) groups is 1. The van der Waals surface area contributed by atoms with Gasteiger partial charge in [0.15, 0.2) is 0 Å². The smallest absolute Gasteiger partial charge is 0.150 e. The molecule has 19 heavy (non-hydrogen) atoms. The van der Waals surface area contributed by atoms with E-state index >= 15 is 0 Å². The van der Waals surface area contributed by atoms with Crippen molar-refractivity contribution in [3.63, 3.8) is 0 Å². The fourth-order valence-electron chi connectivity index (χ4n) is 2.18. The first-order chi connectivity index (χ1) is 9.26. The van der Waals surface area contributed by atoms with E-state index in [4.69, 9.17) is 4.74 Å². The van der Waals surface area contributed by atoms with E-state index in [1.54, 1.807) is 0 Å². The average Bonchev–Trinajstić information content (AvgIpc) is 3.24. The van der Waals surface area contributed by atoms with Gasteiger partial charge in [-0.25, -0.2) is 0 Å². The summed E-state index contributed by atoms with van der Waals surface area (Å²) < 4.78 is 5.74. The summed E-state index contributed by atoms with van der Waals surface area (Å²) >= 11 is 0. The second-order valence-corrected chi connectivity index (χ2v) is 5.03. The number of hydrogen-bond acceptors (Lipinski definition) is 2. The van der Waals surface area contributed by atoms with E-state index in [9.17, 15) is 4.79 Å². The van der Waals surface area contributed by atoms with Gasteiger partial charge in [0.2, 0.25) is 0 Å². The van der Waals surface area contributed by atoms with Gasteiger partial charge in [0, 0.05) is 5.56 Å². The van der Waals surface area contributed by atoms with Crippen molar-refractivity contribution in [2.75, 3.05) is 0 Å². The lowest BCUT2D eigenvalue weighted by atomic mass is 9.99. The first kappa shape index (κ1) is 12.0. The molecular formula is C17H16O2. The number of carbonyl (C=O) groups excluding carboxylic acids is 1. The minimum absolute atomic E-state index is 0.430. The van der Waals surface area contributed by atoms with Crippen molar-refractivity contribution in [1.29, 1.82) is 0 Å². The van der Waals surface area contributed by atoms with Crippen LogP contribution in [0.2, 0.25) is 0 Å². The Morgan fingerprint density at radius 2 is 1.84 bits per heavy atom. The minimum atomic E-state index is 0.430. The Morgan fingerprint density at radius 3 is 2.42 bits per heavy atom. The third-order valence-electron chi connectivity index (χ3n) is 3.38. The van der Waals surface area contributed by atoms with Gasteiger partial charge in [-0.05, 0) is 54.7 Å². The summed E-state index contributed by atoms with van der Waals surface area (Å²) in [6, 6.07) is 13.9. The maximum Gasteiger partial charge on any atom is 0.150 e. The van der Waals surface area contributed by atoms with Crippen molar-refractivity contribution in [2.45, 2.75) is 25.9 Å². The molecule has 1 fully saturated rings. The van der Waals surface area contributed by atoms with Crippen LogP contribution in [-0.2, 0) is 0 Å². The van der Waals surface area contributed by atoms with Crippen molar-refractivity contribution >= 4 is 6.29 Å². The number of hydrogen-bond donors (Lipinski definition) is 0. The molecule has 96 valence electrons. The van der Waals surface area contributed by atoms with Crippen LogP contribution in [0.1, 0.15) is 28.8 Å². The molecule has 0 atom stereocenters. The minimum Gasteiger partial charge on any atom is -0.490 e. The van der Waals surface area contributed by atoms with Crippen LogP contribution < -0.4 is 4.74 Å². The van der Waals surface area contributed by atoms with Crippen LogP contribution in [0.25, 0.3) is 11.1 Å². The molecule has 0 unspecified atom stereocenters. The normalized spacial score (nSPS) is 14.2. The summed E-state index contributed by atoms with van der Waals surface area (Å²) in [6.07, 6.45) is 3.66. The van der Waals surface area contributed by atoms with Crippen LogP contribution in [0.4, 0.5) is 0 Å². The van der Waals surface area contributed by atoms with E-state index in [0.29, 0.717) is 6.10 Å². The molecule has 0 amide bonds. The number of ether oxygens (including phenoxy) is 1. The van der Waals surface area contributed by atoms with Gasteiger partial charge in [0.1, 0.15) is 12.0 Å². The Labute approximate surface area is 113 Å². The number of rotatable bonds is 4. The van der Waals surface area contributed by atoms with E-state index in [0.717, 1.165) is 34.3 Å². The largest absolute Gasteiger partial charge is 0.490 e. The van der Waals surface area contributed by atoms with Crippen LogP contribution in [0, 0.1) is 6.92 Å². The Bertz CT molecular complexity index is 595. The summed E-state index contributed by atoms with van der Waals surface area (Å²) in [5.74, 6) is 0.938. The van der Waals surface area contributed by atoms with Gasteiger partial charge >= 0.3 is 0 Å². The Balaban J connectivity index is 1.86. The molecule has 1 aliphatic rings. The summed E-state index contributed by atoms with van der Waals surface area (Å²) in [4.78, 5) is 10.7. The molecule has 0 aliphatic heterocycles. The third kappa shape index (κ3) is 2.68. The molecule has 2 nitrogen and oxygen atoms in total. The fraction of sp³-hybridized carbons (Fsp3) is 0.235. The first-order valence-corrected chi connectivity index (χ1v) is 6.59. The second kappa shape index (κ2) is 4.88. The molecule has 0 saturated heterocycles. The molecule has 2 aromatic carbocycles. The number of aryl methyl sites for hydroxylation is 1. The molecule has 1 saturated carbocycles. The molecule has 0 bridgehead atoms. The Kier molecular flexibility index (Phi) is 3.08. The fourth-order valence-corrected chi connectivity index (χ4v) is 2.18. The predicted octanol–water partition coefficient (Wildman–Crippen LogP) is 4.02. The molecule has 0 heterocycles. The first-order valence-electron chi connectivity index (χ1n) is 6.59. The van der Waals surface area contributed by atoms with E-state index < -0.39 is 0 Å². The van der Waals surface area contributed by atoms with Crippen molar-refractivity contribution in [3.05, 3.63) is 53.6 Å². The predicted molar refractivity (Wildman–Crippen MR) is 75.7 cm³/mol. The van der Waals surface area contributed by atoms with E-state index in [1.165, 1.54) is 12.8 Å². The molecule has 1 aliphatic carbocycles. The van der Waals surface area contributed by atoms with E-state index in [-0.39, 0.29) is 0 Å². The lowest BCUT2D eigenvalue weighted by molar-refractivity contribution is 0.112. The standard InChI is InChI=1S/C17H16O2/c1-12-10-13(11-18)2-9-17(12)14-3-5-15(6-4-14)19-16-7-8-16/h2-6,9-11,16H,7-8H2,1H3. The number of benzene rings is 2. The van der Waals surface area contributed by atoms with Crippen molar-refractivity contribution < 1.29 is 9.53 Å². The zero-order valence-electron chi connectivity index (χ0n) is 10.9. The van der Waals surface area contributed by atoms with Gasteiger partial charge in [-0.2, -0.15) is 0 Å². The SMILES string of the molecule is Cc1cc(C=O)ccc1-c1ccc(OC2CC2)cc1. The highest BCUT2D eigenvalue weighted by Crippen LogP contribution is 2.29. The monoisotopic (exact) mass is 252 g/mol. The second-order valence-electron chi connectivity index (χ2n) is 5.03. The van der Waals surface area contributed by atoms with E-state index in [1.807, 2.05) is 37.3 Å². The van der Waals surface area contributed by atoms with Gasteiger partial charge < -0.3 is 4.74 Å². The van der Waals surface area contributed by atoms with Gasteiger partial charge in [0.05, 0.1) is 6.10 Å². The molecule has 0 aromatic heterocycles. The molecular weight excluding hydrogens is 236 g/mol. The summed E-state index contributed by atoms with van der Waals surface area (Å²) in [7, 11) is 0. The number of aldehydes is 1. The summed E-state index contributed by atoms with van der Waals surface area (Å²) in [6.45, 7) is 2.02. The third-order valence-corrected chi connectivity index (χ3v) is 3.38. The van der Waals surface area contributed by atoms with Crippen molar-refractivity contribution in [1.82, 2.24) is 0 Å². The van der Waals surface area contributed by atoms with Crippen LogP contribution in [0.3, 0.4) is 0 Å². The molecule has 3 rings (SSSR count). The Morgan fingerprint density at radius 1 is 1.11 bits per heavy atom. The molecule has 0 spiro atoms. The van der Waals surface area contributed by atoms with Gasteiger partial charge in [-0.15, -0.1) is 0 Å². The van der Waals surface area contributed by atoms with Gasteiger partial charge in [-0.1, -0.05) is 24.3 Å². The van der Waals surface area contributed by atoms with Gasteiger partial charge in [-0.3, -0.25) is 4.79 Å². The highest BCUT2D eigenvalue weighted by atomic mass is 16.5. The molecule has 2 aromatic rings. The zero-order chi connectivity index (χ0) is 13.2. The Hall–Kier alpha value is -2.09. The van der Waals surface area contributed by atoms with Crippen LogP contribution in [-0.4, -0.2) is 12.4 Å². The maximum absolute atomic E-state index is 10.7. The van der Waals surface area contributed by atoms with Crippen LogP contribution in [0.5, 0.6) is 5.75 Å². The van der Waals surface area contributed by atoms with Crippen LogP contribution >= 0.6 is 0 Å². The maximum atomic E-state index is 10.7. The van der Waals surface area contributed by atoms with Crippen molar-refractivity contribution in [3.8, 4) is 16.9 Å². The average molecular weight is 252 g/mol. The van der Waals surface area contributed by atoms with E-state index in [2.05, 4.69) is 12.1 Å². The molecule has 2 heteroatoms. The lowest BCUT2D eigenvalue weighted by Gasteiger charge is -2.09.